The smallest absolute Gasteiger partial charge is 0.219 e. The van der Waals surface area contributed by atoms with Crippen LogP contribution in [0.25, 0.3) is 0 Å². The van der Waals surface area contributed by atoms with Gasteiger partial charge in [0.1, 0.15) is 6.61 Å². The van der Waals surface area contributed by atoms with Crippen molar-refractivity contribution in [2.45, 2.75) is 12.8 Å². The normalized spacial score (nSPS) is 10.4. The Balaban J connectivity index is 1.82. The highest BCUT2D eigenvalue weighted by Crippen LogP contribution is 2.02. The Hall–Kier alpha value is -0.620. The second-order valence-corrected chi connectivity index (χ2v) is 5.52. The predicted octanol–water partition coefficient (Wildman–Crippen LogP) is 3.32. The standard InChI is InChI=1S/C15H22O3S2/c1-20-15(19)18-13-12-17-11-10-16-9-5-8-14-6-3-2-4-7-14/h2-4,6-7H,5,8-13H2,1H3. The van der Waals surface area contributed by atoms with Gasteiger partial charge in [-0.05, 0) is 36.9 Å². The summed E-state index contributed by atoms with van der Waals surface area (Å²) in [6.45, 7) is 3.05. The summed E-state index contributed by atoms with van der Waals surface area (Å²) in [7, 11) is 0. The number of hydrogen-bond acceptors (Lipinski definition) is 5. The van der Waals surface area contributed by atoms with E-state index in [2.05, 4.69) is 24.3 Å². The number of benzene rings is 1. The molecule has 1 aromatic rings. The van der Waals surface area contributed by atoms with Crippen molar-refractivity contribution in [1.29, 1.82) is 0 Å². The average Bonchev–Trinajstić information content (AvgIpc) is 2.50. The summed E-state index contributed by atoms with van der Waals surface area (Å²) in [5.41, 5.74) is 1.36. The summed E-state index contributed by atoms with van der Waals surface area (Å²) in [4.78, 5) is 0. The maximum absolute atomic E-state index is 5.51. The van der Waals surface area contributed by atoms with Gasteiger partial charge in [0.2, 0.25) is 4.38 Å². The van der Waals surface area contributed by atoms with Crippen LogP contribution < -0.4 is 0 Å². The van der Waals surface area contributed by atoms with E-state index in [-0.39, 0.29) is 0 Å². The molecule has 0 saturated heterocycles. The molecule has 0 atom stereocenters. The molecular weight excluding hydrogens is 292 g/mol. The van der Waals surface area contributed by atoms with Crippen molar-refractivity contribution in [3.8, 4) is 0 Å². The zero-order chi connectivity index (χ0) is 14.5. The van der Waals surface area contributed by atoms with Gasteiger partial charge in [-0.15, -0.1) is 0 Å². The first-order valence-corrected chi connectivity index (χ1v) is 8.36. The van der Waals surface area contributed by atoms with Crippen LogP contribution in [0.3, 0.4) is 0 Å². The molecular formula is C15H22O3S2. The molecule has 0 aromatic heterocycles. The molecule has 0 unspecified atom stereocenters. The Morgan fingerprint density at radius 1 is 1.00 bits per heavy atom. The van der Waals surface area contributed by atoms with Crippen molar-refractivity contribution in [3.63, 3.8) is 0 Å². The van der Waals surface area contributed by atoms with E-state index in [0.717, 1.165) is 19.4 Å². The van der Waals surface area contributed by atoms with Crippen LogP contribution in [0, 0.1) is 0 Å². The van der Waals surface area contributed by atoms with Gasteiger partial charge in [0.05, 0.1) is 19.8 Å². The first kappa shape index (κ1) is 17.4. The number of rotatable bonds is 10. The molecule has 0 fully saturated rings. The average molecular weight is 314 g/mol. The molecule has 0 saturated carbocycles. The highest BCUT2D eigenvalue weighted by atomic mass is 32.2. The third-order valence-electron chi connectivity index (χ3n) is 2.58. The molecule has 0 heterocycles. The molecule has 0 aliphatic carbocycles. The number of hydrogen-bond donors (Lipinski definition) is 0. The molecule has 0 aliphatic rings. The molecule has 1 rings (SSSR count). The van der Waals surface area contributed by atoms with Gasteiger partial charge in [0.25, 0.3) is 0 Å². The summed E-state index contributed by atoms with van der Waals surface area (Å²) in [6.07, 6.45) is 3.99. The Labute approximate surface area is 131 Å². The molecule has 0 radical (unpaired) electrons. The van der Waals surface area contributed by atoms with Crippen molar-refractivity contribution in [1.82, 2.24) is 0 Å². The van der Waals surface area contributed by atoms with E-state index >= 15 is 0 Å². The van der Waals surface area contributed by atoms with Gasteiger partial charge in [-0.25, -0.2) is 0 Å². The van der Waals surface area contributed by atoms with Crippen molar-refractivity contribution in [2.24, 2.45) is 0 Å². The SMILES string of the molecule is CSC(=S)OCCOCCOCCCc1ccccc1. The summed E-state index contributed by atoms with van der Waals surface area (Å²) in [5, 5.41) is 0. The molecule has 3 nitrogen and oxygen atoms in total. The van der Waals surface area contributed by atoms with E-state index in [4.69, 9.17) is 26.4 Å². The Bertz CT molecular complexity index is 357. The lowest BCUT2D eigenvalue weighted by Gasteiger charge is -2.07. The maximum Gasteiger partial charge on any atom is 0.219 e. The molecule has 0 N–H and O–H groups in total. The summed E-state index contributed by atoms with van der Waals surface area (Å²) < 4.78 is 16.7. The largest absolute Gasteiger partial charge is 0.476 e. The zero-order valence-electron chi connectivity index (χ0n) is 11.9. The van der Waals surface area contributed by atoms with Gasteiger partial charge in [0.15, 0.2) is 0 Å². The minimum Gasteiger partial charge on any atom is -0.476 e. The summed E-state index contributed by atoms with van der Waals surface area (Å²) >= 11 is 6.33. The van der Waals surface area contributed by atoms with Crippen LogP contribution >= 0.6 is 24.0 Å². The number of aryl methyl sites for hydroxylation is 1. The topological polar surface area (TPSA) is 27.7 Å². The van der Waals surface area contributed by atoms with Gasteiger partial charge in [-0.2, -0.15) is 0 Å². The van der Waals surface area contributed by atoms with E-state index < -0.39 is 0 Å². The molecule has 20 heavy (non-hydrogen) atoms. The lowest BCUT2D eigenvalue weighted by atomic mass is 10.1. The fourth-order valence-electron chi connectivity index (χ4n) is 1.59. The lowest BCUT2D eigenvalue weighted by Crippen LogP contribution is -2.11. The van der Waals surface area contributed by atoms with Gasteiger partial charge >= 0.3 is 0 Å². The third-order valence-corrected chi connectivity index (χ3v) is 3.65. The Morgan fingerprint density at radius 3 is 2.35 bits per heavy atom. The lowest BCUT2D eigenvalue weighted by molar-refractivity contribution is 0.0352. The van der Waals surface area contributed by atoms with Crippen molar-refractivity contribution >= 4 is 28.4 Å². The first-order chi connectivity index (χ1) is 9.83. The highest BCUT2D eigenvalue weighted by Gasteiger charge is 1.95. The molecule has 0 bridgehead atoms. The van der Waals surface area contributed by atoms with Crippen LogP contribution in [0.1, 0.15) is 12.0 Å². The van der Waals surface area contributed by atoms with Crippen LogP contribution in [0.5, 0.6) is 0 Å². The quantitative estimate of drug-likeness (QED) is 0.488. The van der Waals surface area contributed by atoms with Crippen LogP contribution in [0.2, 0.25) is 0 Å². The van der Waals surface area contributed by atoms with Crippen molar-refractivity contribution in [3.05, 3.63) is 35.9 Å². The molecule has 0 spiro atoms. The molecule has 0 aliphatic heterocycles. The number of thioether (sulfide) groups is 1. The minimum absolute atomic E-state index is 0.508. The van der Waals surface area contributed by atoms with Gasteiger partial charge in [-0.1, -0.05) is 42.1 Å². The summed E-state index contributed by atoms with van der Waals surface area (Å²) in [6, 6.07) is 10.4. The first-order valence-electron chi connectivity index (χ1n) is 6.73. The van der Waals surface area contributed by atoms with E-state index in [9.17, 15) is 0 Å². The van der Waals surface area contributed by atoms with Crippen molar-refractivity contribution in [2.75, 3.05) is 39.3 Å². The van der Waals surface area contributed by atoms with E-state index in [1.54, 1.807) is 0 Å². The monoisotopic (exact) mass is 314 g/mol. The third kappa shape index (κ3) is 9.31. The van der Waals surface area contributed by atoms with Crippen molar-refractivity contribution < 1.29 is 14.2 Å². The van der Waals surface area contributed by atoms with Crippen LogP contribution in [-0.2, 0) is 20.6 Å². The molecule has 1 aromatic carbocycles. The summed E-state index contributed by atoms with van der Waals surface area (Å²) in [5.74, 6) is 0. The fourth-order valence-corrected chi connectivity index (χ4v) is 1.87. The van der Waals surface area contributed by atoms with E-state index in [1.807, 2.05) is 12.3 Å². The maximum atomic E-state index is 5.51. The van der Waals surface area contributed by atoms with Crippen LogP contribution in [0.4, 0.5) is 0 Å². The van der Waals surface area contributed by atoms with Gasteiger partial charge in [0, 0.05) is 6.61 Å². The second-order valence-electron chi connectivity index (χ2n) is 4.12. The molecule has 112 valence electrons. The second kappa shape index (κ2) is 12.1. The number of ether oxygens (including phenoxy) is 3. The zero-order valence-corrected chi connectivity index (χ0v) is 13.5. The minimum atomic E-state index is 0.508. The van der Waals surface area contributed by atoms with E-state index in [0.29, 0.717) is 30.8 Å². The Kier molecular flexibility index (Phi) is 10.6. The molecule has 5 heteroatoms. The molecule has 0 amide bonds. The van der Waals surface area contributed by atoms with Crippen LogP contribution in [0.15, 0.2) is 30.3 Å². The van der Waals surface area contributed by atoms with Gasteiger partial charge in [-0.3, -0.25) is 0 Å². The Morgan fingerprint density at radius 2 is 1.65 bits per heavy atom. The fraction of sp³-hybridized carbons (Fsp3) is 0.533. The predicted molar refractivity (Wildman–Crippen MR) is 88.5 cm³/mol. The number of thiocarbonyl (C=S) groups is 1. The van der Waals surface area contributed by atoms with E-state index in [1.165, 1.54) is 17.3 Å². The van der Waals surface area contributed by atoms with Crippen LogP contribution in [-0.4, -0.2) is 43.7 Å². The highest BCUT2D eigenvalue weighted by molar-refractivity contribution is 8.22. The van der Waals surface area contributed by atoms with Gasteiger partial charge < -0.3 is 14.2 Å².